The third-order valence-electron chi connectivity index (χ3n) is 3.20. The molecule has 1 N–H and O–H groups in total. The van der Waals surface area contributed by atoms with E-state index in [0.717, 1.165) is 17.3 Å². The summed E-state index contributed by atoms with van der Waals surface area (Å²) < 4.78 is 10.6. The van der Waals surface area contributed by atoms with E-state index in [2.05, 4.69) is 15.5 Å². The van der Waals surface area contributed by atoms with Crippen molar-refractivity contribution >= 4 is 40.9 Å². The highest BCUT2D eigenvalue weighted by atomic mass is 35.5. The first-order valence-corrected chi connectivity index (χ1v) is 9.07. The molecule has 0 fully saturated rings. The highest BCUT2D eigenvalue weighted by Gasteiger charge is 2.12. The van der Waals surface area contributed by atoms with Crippen molar-refractivity contribution in [2.45, 2.75) is 11.6 Å². The Hall–Kier alpha value is -1.96. The van der Waals surface area contributed by atoms with Crippen LogP contribution in [-0.4, -0.2) is 28.4 Å². The van der Waals surface area contributed by atoms with Crippen LogP contribution in [0.2, 0.25) is 10.0 Å². The molecule has 3 rings (SSSR count). The minimum Gasteiger partial charge on any atom is -0.459 e. The molecule has 0 saturated carbocycles. The number of carbonyl (C=O) groups excluding carboxylic acids is 1. The Morgan fingerprint density at radius 2 is 2.12 bits per heavy atom. The molecule has 0 aliphatic heterocycles. The van der Waals surface area contributed by atoms with Gasteiger partial charge in [0.15, 0.2) is 5.76 Å². The SMILES string of the molecule is O=C(CSc1nnc(-c2ccco2)o1)NCCc1ccc(Cl)cc1Cl. The van der Waals surface area contributed by atoms with Gasteiger partial charge in [0.05, 0.1) is 12.0 Å². The lowest BCUT2D eigenvalue weighted by atomic mass is 10.1. The molecule has 0 spiro atoms. The first-order valence-electron chi connectivity index (χ1n) is 7.32. The Bertz CT molecular complexity index is 852. The monoisotopic (exact) mass is 397 g/mol. The van der Waals surface area contributed by atoms with Crippen molar-refractivity contribution in [1.29, 1.82) is 0 Å². The molecular weight excluding hydrogens is 385 g/mol. The van der Waals surface area contributed by atoms with Gasteiger partial charge < -0.3 is 14.2 Å². The molecule has 1 aromatic carbocycles. The molecule has 0 unspecified atom stereocenters. The van der Waals surface area contributed by atoms with Crippen LogP contribution in [0.4, 0.5) is 0 Å². The average Bonchev–Trinajstić information content (AvgIpc) is 3.26. The summed E-state index contributed by atoms with van der Waals surface area (Å²) in [6, 6.07) is 8.75. The van der Waals surface area contributed by atoms with E-state index < -0.39 is 0 Å². The van der Waals surface area contributed by atoms with Gasteiger partial charge in [-0.25, -0.2) is 0 Å². The van der Waals surface area contributed by atoms with Gasteiger partial charge in [0.25, 0.3) is 11.1 Å². The van der Waals surface area contributed by atoms with Gasteiger partial charge in [-0.05, 0) is 36.2 Å². The van der Waals surface area contributed by atoms with Crippen LogP contribution in [0, 0.1) is 0 Å². The molecule has 9 heteroatoms. The van der Waals surface area contributed by atoms with Gasteiger partial charge in [0.1, 0.15) is 0 Å². The molecule has 130 valence electrons. The number of rotatable bonds is 7. The Labute approximate surface area is 157 Å². The van der Waals surface area contributed by atoms with Crippen LogP contribution < -0.4 is 5.32 Å². The van der Waals surface area contributed by atoms with Crippen LogP contribution in [-0.2, 0) is 11.2 Å². The molecule has 1 amide bonds. The van der Waals surface area contributed by atoms with E-state index in [1.165, 1.54) is 6.26 Å². The number of hydrogen-bond donors (Lipinski definition) is 1. The van der Waals surface area contributed by atoms with Crippen LogP contribution >= 0.6 is 35.0 Å². The predicted octanol–water partition coefficient (Wildman–Crippen LogP) is 4.09. The maximum Gasteiger partial charge on any atom is 0.284 e. The molecule has 0 bridgehead atoms. The molecule has 6 nitrogen and oxygen atoms in total. The van der Waals surface area contributed by atoms with E-state index in [0.29, 0.717) is 34.0 Å². The Kier molecular flexibility index (Phi) is 6.01. The number of hydrogen-bond acceptors (Lipinski definition) is 6. The zero-order valence-electron chi connectivity index (χ0n) is 12.9. The zero-order valence-corrected chi connectivity index (χ0v) is 15.2. The molecule has 0 aliphatic rings. The number of thioether (sulfide) groups is 1. The van der Waals surface area contributed by atoms with Crippen molar-refractivity contribution in [2.75, 3.05) is 12.3 Å². The quantitative estimate of drug-likeness (QED) is 0.604. The van der Waals surface area contributed by atoms with E-state index in [-0.39, 0.29) is 17.6 Å². The van der Waals surface area contributed by atoms with Crippen molar-refractivity contribution in [3.05, 3.63) is 52.2 Å². The number of nitrogens with zero attached hydrogens (tertiary/aromatic N) is 2. The maximum absolute atomic E-state index is 11.9. The van der Waals surface area contributed by atoms with Crippen molar-refractivity contribution in [2.24, 2.45) is 0 Å². The van der Waals surface area contributed by atoms with Gasteiger partial charge in [-0.15, -0.1) is 10.2 Å². The fourth-order valence-electron chi connectivity index (χ4n) is 2.01. The lowest BCUT2D eigenvalue weighted by molar-refractivity contribution is -0.118. The third kappa shape index (κ3) is 5.01. The summed E-state index contributed by atoms with van der Waals surface area (Å²) in [5.74, 6) is 0.815. The highest BCUT2D eigenvalue weighted by molar-refractivity contribution is 7.99. The highest BCUT2D eigenvalue weighted by Crippen LogP contribution is 2.23. The maximum atomic E-state index is 11.9. The number of benzene rings is 1. The standard InChI is InChI=1S/C16H13Cl2N3O3S/c17-11-4-3-10(12(18)8-11)5-6-19-14(22)9-25-16-21-20-15(24-16)13-2-1-7-23-13/h1-4,7-8H,5-6,9H2,(H,19,22). The summed E-state index contributed by atoms with van der Waals surface area (Å²) >= 11 is 13.1. The molecule has 2 aromatic heterocycles. The molecule has 0 radical (unpaired) electrons. The van der Waals surface area contributed by atoms with Crippen molar-refractivity contribution in [3.63, 3.8) is 0 Å². The molecule has 0 atom stereocenters. The fourth-order valence-corrected chi connectivity index (χ4v) is 3.10. The average molecular weight is 398 g/mol. The second kappa shape index (κ2) is 8.42. The molecule has 0 aliphatic carbocycles. The number of furan rings is 1. The number of halogens is 2. The topological polar surface area (TPSA) is 81.2 Å². The van der Waals surface area contributed by atoms with E-state index in [1.807, 2.05) is 6.07 Å². The first kappa shape index (κ1) is 17.8. The number of nitrogens with one attached hydrogen (secondary N) is 1. The zero-order chi connectivity index (χ0) is 17.6. The molecule has 25 heavy (non-hydrogen) atoms. The molecular formula is C16H13Cl2N3O3S. The van der Waals surface area contributed by atoms with Crippen molar-refractivity contribution < 1.29 is 13.6 Å². The van der Waals surface area contributed by atoms with Gasteiger partial charge in [-0.1, -0.05) is 41.0 Å². The Morgan fingerprint density at radius 3 is 2.88 bits per heavy atom. The van der Waals surface area contributed by atoms with Gasteiger partial charge in [0.2, 0.25) is 5.91 Å². The van der Waals surface area contributed by atoms with Crippen LogP contribution in [0.25, 0.3) is 11.7 Å². The smallest absolute Gasteiger partial charge is 0.284 e. The largest absolute Gasteiger partial charge is 0.459 e. The third-order valence-corrected chi connectivity index (χ3v) is 4.60. The minimum atomic E-state index is -0.132. The number of amides is 1. The summed E-state index contributed by atoms with van der Waals surface area (Å²) in [5, 5.41) is 12.0. The second-order valence-corrected chi connectivity index (χ2v) is 6.75. The molecule has 2 heterocycles. The van der Waals surface area contributed by atoms with Gasteiger partial charge in [0, 0.05) is 16.6 Å². The van der Waals surface area contributed by atoms with Gasteiger partial charge in [-0.2, -0.15) is 0 Å². The Morgan fingerprint density at radius 1 is 1.24 bits per heavy atom. The predicted molar refractivity (Wildman–Crippen MR) is 95.9 cm³/mol. The summed E-state index contributed by atoms with van der Waals surface area (Å²) in [6.07, 6.45) is 2.14. The van der Waals surface area contributed by atoms with Gasteiger partial charge in [-0.3, -0.25) is 4.79 Å². The van der Waals surface area contributed by atoms with Crippen molar-refractivity contribution in [3.8, 4) is 11.7 Å². The Balaban J connectivity index is 1.42. The summed E-state index contributed by atoms with van der Waals surface area (Å²) in [7, 11) is 0. The minimum absolute atomic E-state index is 0.132. The first-order chi connectivity index (χ1) is 12.1. The van der Waals surface area contributed by atoms with Crippen LogP contribution in [0.15, 0.2) is 50.7 Å². The van der Waals surface area contributed by atoms with Crippen LogP contribution in [0.5, 0.6) is 0 Å². The second-order valence-electron chi connectivity index (χ2n) is 4.97. The van der Waals surface area contributed by atoms with E-state index >= 15 is 0 Å². The summed E-state index contributed by atoms with van der Waals surface area (Å²) in [5.41, 5.74) is 0.930. The lowest BCUT2D eigenvalue weighted by Crippen LogP contribution is -2.27. The number of carbonyl (C=O) groups is 1. The lowest BCUT2D eigenvalue weighted by Gasteiger charge is -2.06. The number of aromatic nitrogens is 2. The summed E-state index contributed by atoms with van der Waals surface area (Å²) in [6.45, 7) is 0.474. The van der Waals surface area contributed by atoms with E-state index in [9.17, 15) is 4.79 Å². The van der Waals surface area contributed by atoms with Gasteiger partial charge >= 0.3 is 0 Å². The summed E-state index contributed by atoms with van der Waals surface area (Å²) in [4.78, 5) is 11.9. The van der Waals surface area contributed by atoms with Crippen LogP contribution in [0.3, 0.4) is 0 Å². The van der Waals surface area contributed by atoms with E-state index in [4.69, 9.17) is 32.0 Å². The van der Waals surface area contributed by atoms with Crippen molar-refractivity contribution in [1.82, 2.24) is 15.5 Å². The molecule has 0 saturated heterocycles. The molecule has 3 aromatic rings. The fraction of sp³-hybridized carbons (Fsp3) is 0.188. The van der Waals surface area contributed by atoms with Crippen LogP contribution in [0.1, 0.15) is 5.56 Å². The van der Waals surface area contributed by atoms with E-state index in [1.54, 1.807) is 24.3 Å². The normalized spacial score (nSPS) is 10.8.